The number of thioether (sulfide) groups is 1. The third kappa shape index (κ3) is 2.13. The van der Waals surface area contributed by atoms with Crippen LogP contribution in [-0.4, -0.2) is 33.3 Å². The minimum Gasteiger partial charge on any atom is -0.356 e. The summed E-state index contributed by atoms with van der Waals surface area (Å²) in [5, 5.41) is 16.1. The normalized spacial score (nSPS) is 20.3. The second-order valence-corrected chi connectivity index (χ2v) is 6.21. The van der Waals surface area contributed by atoms with E-state index in [1.165, 1.54) is 30.9 Å². The third-order valence-electron chi connectivity index (χ3n) is 3.56. The van der Waals surface area contributed by atoms with Crippen LogP contribution in [0.5, 0.6) is 0 Å². The van der Waals surface area contributed by atoms with Crippen LogP contribution in [0.1, 0.15) is 25.5 Å². The van der Waals surface area contributed by atoms with Crippen LogP contribution in [0.15, 0.2) is 16.8 Å². The van der Waals surface area contributed by atoms with E-state index in [4.69, 9.17) is 22.4 Å². The van der Waals surface area contributed by atoms with Gasteiger partial charge >= 0.3 is 0 Å². The average Bonchev–Trinajstić information content (AvgIpc) is 3.03. The fourth-order valence-electron chi connectivity index (χ4n) is 2.51. The van der Waals surface area contributed by atoms with E-state index < -0.39 is 0 Å². The number of nitrogens with zero attached hydrogens (tertiary/aromatic N) is 3. The van der Waals surface area contributed by atoms with Gasteiger partial charge in [-0.05, 0) is 25.3 Å². The molecular formula is C13H14ClN5S. The minimum atomic E-state index is -0.0421. The fourth-order valence-corrected chi connectivity index (χ4v) is 3.68. The molecule has 0 atom stereocenters. The Labute approximate surface area is 126 Å². The van der Waals surface area contributed by atoms with Crippen LogP contribution in [0, 0.1) is 10.8 Å². The highest BCUT2D eigenvalue weighted by atomic mass is 35.5. The molecule has 0 spiro atoms. The predicted octanol–water partition coefficient (Wildman–Crippen LogP) is 3.15. The van der Waals surface area contributed by atoms with E-state index in [0.717, 1.165) is 29.5 Å². The van der Waals surface area contributed by atoms with Gasteiger partial charge in [-0.25, -0.2) is 9.97 Å². The zero-order valence-corrected chi connectivity index (χ0v) is 12.6. The largest absolute Gasteiger partial charge is 0.356 e. The minimum absolute atomic E-state index is 0.0421. The Bertz CT molecular complexity index is 634. The number of hydrogen-bond acceptors (Lipinski definition) is 6. The fraction of sp³-hybridized carbons (Fsp3) is 0.385. The summed E-state index contributed by atoms with van der Waals surface area (Å²) in [4.78, 5) is 11.9. The van der Waals surface area contributed by atoms with Crippen molar-refractivity contribution in [2.24, 2.45) is 0 Å². The lowest BCUT2D eigenvalue weighted by molar-refractivity contribution is 0.898. The van der Waals surface area contributed by atoms with Crippen molar-refractivity contribution < 1.29 is 0 Å². The number of anilines is 1. The number of halogens is 1. The molecule has 3 heterocycles. The summed E-state index contributed by atoms with van der Waals surface area (Å²) in [5.74, 6) is 0.908. The standard InChI is InChI=1S/C13H14ClN5S/c1-7(11(14)15)8-9-10(20-12(8)16)13(18-6-17-9)19-4-2-3-5-19/h6,15-16H,2-5H2,1H3/b8-7-,15-11?,16-12?. The second kappa shape index (κ2) is 5.18. The third-order valence-corrected chi connectivity index (χ3v) is 4.83. The van der Waals surface area contributed by atoms with Crippen molar-refractivity contribution >= 4 is 45.0 Å². The smallest absolute Gasteiger partial charge is 0.146 e. The summed E-state index contributed by atoms with van der Waals surface area (Å²) in [5.41, 5.74) is 1.99. The van der Waals surface area contributed by atoms with Crippen LogP contribution in [0.4, 0.5) is 5.82 Å². The van der Waals surface area contributed by atoms with Crippen LogP contribution in [0.3, 0.4) is 0 Å². The Morgan fingerprint density at radius 3 is 2.70 bits per heavy atom. The molecule has 0 bridgehead atoms. The molecule has 3 rings (SSSR count). The highest BCUT2D eigenvalue weighted by molar-refractivity contribution is 8.15. The van der Waals surface area contributed by atoms with E-state index in [-0.39, 0.29) is 5.17 Å². The van der Waals surface area contributed by atoms with E-state index in [0.29, 0.717) is 16.2 Å². The molecule has 2 aliphatic heterocycles. The number of nitrogens with one attached hydrogen (secondary N) is 2. The van der Waals surface area contributed by atoms with Crippen LogP contribution in [-0.2, 0) is 0 Å². The molecule has 0 amide bonds. The van der Waals surface area contributed by atoms with Crippen molar-refractivity contribution in [3.63, 3.8) is 0 Å². The molecule has 20 heavy (non-hydrogen) atoms. The molecule has 1 fully saturated rings. The van der Waals surface area contributed by atoms with E-state index >= 15 is 0 Å². The SMILES string of the molecule is C/C(C(=N)Cl)=C1/C(=N)Sc2c1ncnc2N1CCCC1. The van der Waals surface area contributed by atoms with Gasteiger partial charge in [0.25, 0.3) is 0 Å². The van der Waals surface area contributed by atoms with E-state index in [2.05, 4.69) is 14.9 Å². The van der Waals surface area contributed by atoms with Crippen molar-refractivity contribution in [2.75, 3.05) is 18.0 Å². The maximum atomic E-state index is 8.15. The average molecular weight is 308 g/mol. The first-order valence-corrected chi connectivity index (χ1v) is 7.61. The Hall–Kier alpha value is -1.40. The monoisotopic (exact) mass is 307 g/mol. The zero-order valence-electron chi connectivity index (χ0n) is 11.0. The molecule has 5 nitrogen and oxygen atoms in total. The number of hydrogen-bond donors (Lipinski definition) is 2. The second-order valence-electron chi connectivity index (χ2n) is 4.81. The van der Waals surface area contributed by atoms with Gasteiger partial charge in [0, 0.05) is 18.7 Å². The van der Waals surface area contributed by atoms with Gasteiger partial charge in [-0.1, -0.05) is 23.4 Å². The number of allylic oxidation sites excluding steroid dienone is 1. The van der Waals surface area contributed by atoms with Crippen LogP contribution in [0.2, 0.25) is 0 Å². The van der Waals surface area contributed by atoms with Crippen molar-refractivity contribution in [1.82, 2.24) is 9.97 Å². The predicted molar refractivity (Wildman–Crippen MR) is 83.2 cm³/mol. The van der Waals surface area contributed by atoms with Gasteiger partial charge in [-0.3, -0.25) is 10.8 Å². The Morgan fingerprint density at radius 2 is 2.05 bits per heavy atom. The van der Waals surface area contributed by atoms with Crippen LogP contribution >= 0.6 is 23.4 Å². The summed E-state index contributed by atoms with van der Waals surface area (Å²) in [6.07, 6.45) is 3.89. The van der Waals surface area contributed by atoms with Crippen LogP contribution < -0.4 is 4.90 Å². The molecule has 1 saturated heterocycles. The molecule has 1 aromatic heterocycles. The topological polar surface area (TPSA) is 76.7 Å². The Morgan fingerprint density at radius 1 is 1.35 bits per heavy atom. The lowest BCUT2D eigenvalue weighted by Gasteiger charge is -2.18. The molecule has 0 aliphatic carbocycles. The first-order chi connectivity index (χ1) is 9.59. The molecular weight excluding hydrogens is 294 g/mol. The first kappa shape index (κ1) is 13.6. The Balaban J connectivity index is 2.13. The summed E-state index contributed by atoms with van der Waals surface area (Å²) >= 11 is 7.13. The molecule has 0 aromatic carbocycles. The van der Waals surface area contributed by atoms with Gasteiger partial charge < -0.3 is 4.90 Å². The van der Waals surface area contributed by atoms with Gasteiger partial charge in [0.2, 0.25) is 0 Å². The van der Waals surface area contributed by atoms with Gasteiger partial charge in [-0.2, -0.15) is 0 Å². The van der Waals surface area contributed by atoms with E-state index in [9.17, 15) is 0 Å². The quantitative estimate of drug-likeness (QED) is 0.823. The molecule has 0 saturated carbocycles. The number of fused-ring (bicyclic) bond motifs is 1. The summed E-state index contributed by atoms with van der Waals surface area (Å²) in [6.45, 7) is 3.76. The maximum absolute atomic E-state index is 8.15. The van der Waals surface area contributed by atoms with Crippen LogP contribution in [0.25, 0.3) is 5.57 Å². The molecule has 104 valence electrons. The van der Waals surface area contributed by atoms with Crippen molar-refractivity contribution in [1.29, 1.82) is 10.8 Å². The lowest BCUT2D eigenvalue weighted by Crippen LogP contribution is -2.20. The number of aromatic nitrogens is 2. The van der Waals surface area contributed by atoms with E-state index in [1.54, 1.807) is 6.92 Å². The summed E-state index contributed by atoms with van der Waals surface area (Å²) in [7, 11) is 0. The van der Waals surface area contributed by atoms with Crippen molar-refractivity contribution in [3.8, 4) is 0 Å². The summed E-state index contributed by atoms with van der Waals surface area (Å²) in [6, 6.07) is 0. The zero-order chi connectivity index (χ0) is 14.3. The Kier molecular flexibility index (Phi) is 3.52. The molecule has 7 heteroatoms. The lowest BCUT2D eigenvalue weighted by atomic mass is 10.1. The summed E-state index contributed by atoms with van der Waals surface area (Å²) < 4.78 is 0. The van der Waals surface area contributed by atoms with E-state index in [1.807, 2.05) is 0 Å². The molecule has 0 radical (unpaired) electrons. The van der Waals surface area contributed by atoms with Crippen molar-refractivity contribution in [2.45, 2.75) is 24.7 Å². The van der Waals surface area contributed by atoms with Gasteiger partial charge in [0.15, 0.2) is 0 Å². The van der Waals surface area contributed by atoms with Gasteiger partial charge in [0.05, 0.1) is 10.6 Å². The molecule has 0 unspecified atom stereocenters. The van der Waals surface area contributed by atoms with Gasteiger partial charge in [-0.15, -0.1) is 0 Å². The first-order valence-electron chi connectivity index (χ1n) is 6.42. The molecule has 1 aromatic rings. The number of rotatable bonds is 2. The maximum Gasteiger partial charge on any atom is 0.146 e. The van der Waals surface area contributed by atoms with Gasteiger partial charge in [0.1, 0.15) is 22.4 Å². The highest BCUT2D eigenvalue weighted by Gasteiger charge is 2.32. The van der Waals surface area contributed by atoms with Crippen molar-refractivity contribution in [3.05, 3.63) is 17.6 Å². The highest BCUT2D eigenvalue weighted by Crippen LogP contribution is 2.45. The molecule has 2 aliphatic rings. The molecule has 2 N–H and O–H groups in total.